The van der Waals surface area contributed by atoms with Crippen molar-refractivity contribution < 1.29 is 14.3 Å². The number of hydrogen-bond acceptors (Lipinski definition) is 3. The average molecular weight is 388 g/mol. The van der Waals surface area contributed by atoms with Crippen LogP contribution in [-0.4, -0.2) is 21.9 Å². The Kier molecular flexibility index (Phi) is 3.46. The molecule has 1 spiro atoms. The fraction of sp³-hybridized carbons (Fsp3) is 0.375. The zero-order valence-corrected chi connectivity index (χ0v) is 16.7. The Balaban J connectivity index is 1.41. The summed E-state index contributed by atoms with van der Waals surface area (Å²) in [5.41, 5.74) is 6.61. The van der Waals surface area contributed by atoms with E-state index in [1.54, 1.807) is 12.1 Å². The summed E-state index contributed by atoms with van der Waals surface area (Å²) >= 11 is 0. The number of benzene rings is 2. The highest BCUT2D eigenvalue weighted by Crippen LogP contribution is 2.55. The standard InChI is InChI=1S/C24H24N2O3/c1-15(2)17-8-9-18-13-25-22-21(26(25)19(18)12-17)20(10-11-24(22)14-28-24)29-23(27)16-6-4-3-5-7-16/h3-9,12,15,20H,10-11,13-14H2,1-2H3/t20-,24+/m1/s1. The third-order valence-electron chi connectivity index (χ3n) is 6.59. The van der Waals surface area contributed by atoms with Gasteiger partial charge in [0.05, 0.1) is 30.1 Å². The van der Waals surface area contributed by atoms with Crippen LogP contribution in [0.4, 0.5) is 0 Å². The van der Waals surface area contributed by atoms with Crippen LogP contribution in [0.25, 0.3) is 5.69 Å². The van der Waals surface area contributed by atoms with E-state index in [-0.39, 0.29) is 17.7 Å². The fourth-order valence-corrected chi connectivity index (χ4v) is 4.89. The number of rotatable bonds is 3. The molecule has 0 amide bonds. The van der Waals surface area contributed by atoms with Crippen molar-refractivity contribution >= 4 is 5.97 Å². The van der Waals surface area contributed by atoms with E-state index in [1.165, 1.54) is 22.5 Å². The lowest BCUT2D eigenvalue weighted by Gasteiger charge is -2.38. The van der Waals surface area contributed by atoms with Gasteiger partial charge in [0.25, 0.3) is 0 Å². The van der Waals surface area contributed by atoms with E-state index in [9.17, 15) is 4.79 Å². The van der Waals surface area contributed by atoms with Gasteiger partial charge in [0, 0.05) is 0 Å². The fourth-order valence-electron chi connectivity index (χ4n) is 4.89. The number of hydrogen-bond donors (Lipinski definition) is 0. The van der Waals surface area contributed by atoms with Crippen LogP contribution in [-0.2, 0) is 21.6 Å². The number of ether oxygens (including phenoxy) is 2. The molecule has 3 aliphatic rings. The lowest BCUT2D eigenvalue weighted by atomic mass is 9.86. The molecule has 1 saturated heterocycles. The van der Waals surface area contributed by atoms with Gasteiger partial charge in [-0.2, -0.15) is 0 Å². The second-order valence-corrected chi connectivity index (χ2v) is 8.73. The van der Waals surface area contributed by atoms with Gasteiger partial charge in [-0.25, -0.2) is 4.79 Å². The number of carbonyl (C=O) groups is 1. The molecule has 148 valence electrons. The summed E-state index contributed by atoms with van der Waals surface area (Å²) in [6, 6.07) is 16.0. The van der Waals surface area contributed by atoms with Crippen molar-refractivity contribution in [2.75, 3.05) is 6.61 Å². The van der Waals surface area contributed by atoms with Crippen molar-refractivity contribution in [3.05, 3.63) is 76.6 Å². The first-order chi connectivity index (χ1) is 14.1. The lowest BCUT2D eigenvalue weighted by Crippen LogP contribution is -2.39. The molecule has 1 fully saturated rings. The second-order valence-electron chi connectivity index (χ2n) is 8.73. The zero-order valence-electron chi connectivity index (χ0n) is 16.7. The maximum absolute atomic E-state index is 12.7. The molecule has 0 saturated carbocycles. The number of carbonyl (C=O) groups excluding carboxylic acids is 1. The van der Waals surface area contributed by atoms with Gasteiger partial charge >= 0.3 is 5.97 Å². The van der Waals surface area contributed by atoms with Crippen molar-refractivity contribution in [2.24, 2.45) is 0 Å². The van der Waals surface area contributed by atoms with Gasteiger partial charge in [-0.3, -0.25) is 9.36 Å². The summed E-state index contributed by atoms with van der Waals surface area (Å²) in [7, 11) is 0. The van der Waals surface area contributed by atoms with Gasteiger partial charge < -0.3 is 9.47 Å². The topological polar surface area (TPSA) is 48.7 Å². The van der Waals surface area contributed by atoms with Crippen LogP contribution in [0.2, 0.25) is 0 Å². The highest BCUT2D eigenvalue weighted by Gasteiger charge is 2.58. The van der Waals surface area contributed by atoms with Crippen molar-refractivity contribution in [2.45, 2.75) is 50.9 Å². The molecule has 5 heteroatoms. The predicted octanol–water partition coefficient (Wildman–Crippen LogP) is 4.68. The molecule has 5 nitrogen and oxygen atoms in total. The minimum absolute atomic E-state index is 0.162. The van der Waals surface area contributed by atoms with E-state index in [0.29, 0.717) is 11.5 Å². The smallest absolute Gasteiger partial charge is 0.338 e. The van der Waals surface area contributed by atoms with Crippen molar-refractivity contribution in [3.63, 3.8) is 0 Å². The number of aromatic nitrogens is 2. The third-order valence-corrected chi connectivity index (χ3v) is 6.59. The molecule has 2 aromatic carbocycles. The molecular weight excluding hydrogens is 364 g/mol. The lowest BCUT2D eigenvalue weighted by molar-refractivity contribution is 0.0149. The Hall–Kier alpha value is -2.79. The first-order valence-electron chi connectivity index (χ1n) is 10.4. The van der Waals surface area contributed by atoms with Crippen LogP contribution in [0, 0.1) is 0 Å². The van der Waals surface area contributed by atoms with Gasteiger partial charge in [0.15, 0.2) is 0 Å². The zero-order chi connectivity index (χ0) is 19.8. The summed E-state index contributed by atoms with van der Waals surface area (Å²) in [6.07, 6.45) is 1.45. The van der Waals surface area contributed by atoms with E-state index >= 15 is 0 Å². The maximum atomic E-state index is 12.7. The second kappa shape index (κ2) is 5.86. The maximum Gasteiger partial charge on any atom is 0.338 e. The molecule has 6 rings (SSSR count). The van der Waals surface area contributed by atoms with Gasteiger partial charge in [-0.05, 0) is 48.1 Å². The molecule has 0 N–H and O–H groups in total. The molecule has 1 aliphatic carbocycles. The number of nitrogens with zero attached hydrogens (tertiary/aromatic N) is 2. The molecule has 2 atom stereocenters. The Bertz CT molecular complexity index is 1120. The average Bonchev–Trinajstić information content (AvgIpc) is 3.41. The molecule has 0 unspecified atom stereocenters. The SMILES string of the molecule is CC(C)c1ccc2c(c1)-n1c3c(n1C2)[C@]1(CC[C@H]3OC(=O)c2ccccc2)CO1. The third kappa shape index (κ3) is 2.40. The highest BCUT2D eigenvalue weighted by atomic mass is 16.6. The Labute approximate surface area is 169 Å². The number of fused-ring (bicyclic) bond motifs is 7. The summed E-state index contributed by atoms with van der Waals surface area (Å²) in [5.74, 6) is 0.212. The first-order valence-corrected chi connectivity index (χ1v) is 10.4. The minimum atomic E-state index is -0.260. The first kappa shape index (κ1) is 17.1. The van der Waals surface area contributed by atoms with Crippen molar-refractivity contribution in [1.29, 1.82) is 0 Å². The quantitative estimate of drug-likeness (QED) is 0.378. The van der Waals surface area contributed by atoms with Gasteiger partial charge in [0.1, 0.15) is 17.4 Å². The molecule has 29 heavy (non-hydrogen) atoms. The molecule has 0 bridgehead atoms. The van der Waals surface area contributed by atoms with Crippen LogP contribution in [0.15, 0.2) is 48.5 Å². The van der Waals surface area contributed by atoms with Crippen LogP contribution in [0.3, 0.4) is 0 Å². The van der Waals surface area contributed by atoms with Crippen LogP contribution in [0.1, 0.15) is 71.6 Å². The summed E-state index contributed by atoms with van der Waals surface area (Å²) < 4.78 is 16.5. The van der Waals surface area contributed by atoms with Gasteiger partial charge in [-0.15, -0.1) is 0 Å². The molecule has 1 aromatic heterocycles. The van der Waals surface area contributed by atoms with Crippen LogP contribution >= 0.6 is 0 Å². The Morgan fingerprint density at radius 1 is 1.21 bits per heavy atom. The minimum Gasteiger partial charge on any atom is -0.452 e. The molecular formula is C24H24N2O3. The van der Waals surface area contributed by atoms with E-state index < -0.39 is 0 Å². The van der Waals surface area contributed by atoms with Crippen LogP contribution < -0.4 is 0 Å². The molecule has 3 aromatic rings. The van der Waals surface area contributed by atoms with Gasteiger partial charge in [0.2, 0.25) is 0 Å². The van der Waals surface area contributed by atoms with E-state index in [1.807, 2.05) is 18.2 Å². The largest absolute Gasteiger partial charge is 0.452 e. The summed E-state index contributed by atoms with van der Waals surface area (Å²) in [4.78, 5) is 12.7. The summed E-state index contributed by atoms with van der Waals surface area (Å²) in [5, 5.41) is 0. The van der Waals surface area contributed by atoms with E-state index in [0.717, 1.165) is 31.7 Å². The molecule has 2 aliphatic heterocycles. The van der Waals surface area contributed by atoms with Crippen LogP contribution in [0.5, 0.6) is 0 Å². The normalized spacial score (nSPS) is 23.8. The van der Waals surface area contributed by atoms with E-state index in [2.05, 4.69) is 41.4 Å². The molecule has 3 heterocycles. The Morgan fingerprint density at radius 2 is 2.00 bits per heavy atom. The van der Waals surface area contributed by atoms with Gasteiger partial charge in [-0.1, -0.05) is 44.2 Å². The Morgan fingerprint density at radius 3 is 2.72 bits per heavy atom. The summed E-state index contributed by atoms with van der Waals surface area (Å²) in [6.45, 7) is 6.06. The highest BCUT2D eigenvalue weighted by molar-refractivity contribution is 5.89. The van der Waals surface area contributed by atoms with Crippen molar-refractivity contribution in [3.8, 4) is 5.69 Å². The predicted molar refractivity (Wildman–Crippen MR) is 108 cm³/mol. The number of esters is 1. The van der Waals surface area contributed by atoms with Crippen molar-refractivity contribution in [1.82, 2.24) is 9.36 Å². The monoisotopic (exact) mass is 388 g/mol. The van der Waals surface area contributed by atoms with E-state index in [4.69, 9.17) is 9.47 Å². The molecule has 0 radical (unpaired) electrons. The number of epoxide rings is 1.